The number of benzene rings is 2. The van der Waals surface area contributed by atoms with Crippen LogP contribution in [0.3, 0.4) is 0 Å². The van der Waals surface area contributed by atoms with E-state index < -0.39 is 40.1 Å². The lowest BCUT2D eigenvalue weighted by atomic mass is 9.73. The first kappa shape index (κ1) is 16.8. The van der Waals surface area contributed by atoms with Crippen molar-refractivity contribution in [3.05, 3.63) is 82.1 Å². The number of hydrogen-bond donors (Lipinski definition) is 0. The predicted molar refractivity (Wildman–Crippen MR) is 92.2 cm³/mol. The van der Waals surface area contributed by atoms with Gasteiger partial charge in [-0.3, -0.25) is 14.4 Å². The molecule has 27 heavy (non-hydrogen) atoms. The summed E-state index contributed by atoms with van der Waals surface area (Å²) in [7, 11) is 0. The molecule has 2 aromatic carbocycles. The topological polar surface area (TPSA) is 94.6 Å². The number of cyclic esters (lactones) is 1. The maximum atomic E-state index is 13.1. The number of Topliss-reactive ketones (excluding diaryl/α,β-unsaturated/α-hetero) is 3. The Morgan fingerprint density at radius 2 is 1.48 bits per heavy atom. The molecule has 0 unspecified atom stereocenters. The average molecular weight is 360 g/mol. The normalized spacial score (nSPS) is 20.9. The molecule has 0 amide bonds. The molecule has 2 aliphatic rings. The first-order valence-corrected chi connectivity index (χ1v) is 8.15. The highest BCUT2D eigenvalue weighted by Crippen LogP contribution is 2.46. The molecule has 0 N–H and O–H groups in total. The molecule has 0 spiro atoms. The van der Waals surface area contributed by atoms with Crippen molar-refractivity contribution in [1.82, 2.24) is 0 Å². The Kier molecular flexibility index (Phi) is 3.52. The highest BCUT2D eigenvalue weighted by atomic mass is 16.6. The SMILES string of the molecule is Cc1ccccc1C(=O)[C@@]1(C=O)C(=O)OC1=C1C(=O)c2ccccc2C1=O. The number of carbonyl (C=O) groups excluding carboxylic acids is 5. The van der Waals surface area contributed by atoms with E-state index >= 15 is 0 Å². The van der Waals surface area contributed by atoms with Crippen LogP contribution in [0, 0.1) is 12.3 Å². The molecule has 0 radical (unpaired) electrons. The fourth-order valence-electron chi connectivity index (χ4n) is 3.40. The van der Waals surface area contributed by atoms with E-state index in [1.54, 1.807) is 37.3 Å². The number of aldehydes is 1. The van der Waals surface area contributed by atoms with E-state index in [0.717, 1.165) is 0 Å². The zero-order valence-electron chi connectivity index (χ0n) is 14.1. The average Bonchev–Trinajstić information content (AvgIpc) is 2.91. The van der Waals surface area contributed by atoms with Gasteiger partial charge in [-0.25, -0.2) is 4.79 Å². The number of hydrogen-bond acceptors (Lipinski definition) is 6. The molecule has 6 nitrogen and oxygen atoms in total. The van der Waals surface area contributed by atoms with Gasteiger partial charge in [-0.2, -0.15) is 0 Å². The summed E-state index contributed by atoms with van der Waals surface area (Å²) in [6, 6.07) is 12.6. The van der Waals surface area contributed by atoms with E-state index in [2.05, 4.69) is 0 Å². The van der Waals surface area contributed by atoms with Gasteiger partial charge >= 0.3 is 5.97 Å². The summed E-state index contributed by atoms with van der Waals surface area (Å²) in [5, 5.41) is 0. The summed E-state index contributed by atoms with van der Waals surface area (Å²) in [6.07, 6.45) is 0.152. The lowest BCUT2D eigenvalue weighted by molar-refractivity contribution is -0.164. The van der Waals surface area contributed by atoms with E-state index in [9.17, 15) is 24.0 Å². The second-order valence-corrected chi connectivity index (χ2v) is 6.37. The van der Waals surface area contributed by atoms with Gasteiger partial charge in [0.1, 0.15) is 5.57 Å². The van der Waals surface area contributed by atoms with Gasteiger partial charge in [0.25, 0.3) is 0 Å². The third kappa shape index (κ3) is 2.04. The highest BCUT2D eigenvalue weighted by molar-refractivity contribution is 6.42. The zero-order valence-corrected chi connectivity index (χ0v) is 14.1. The largest absolute Gasteiger partial charge is 0.426 e. The first-order chi connectivity index (χ1) is 12.9. The molecule has 0 bridgehead atoms. The summed E-state index contributed by atoms with van der Waals surface area (Å²) in [5.74, 6) is -3.72. The Labute approximate surface area is 153 Å². The van der Waals surface area contributed by atoms with Crippen molar-refractivity contribution in [2.75, 3.05) is 0 Å². The van der Waals surface area contributed by atoms with Crippen molar-refractivity contribution >= 4 is 29.6 Å². The number of fused-ring (bicyclic) bond motifs is 1. The Balaban J connectivity index is 1.92. The summed E-state index contributed by atoms with van der Waals surface area (Å²) >= 11 is 0. The van der Waals surface area contributed by atoms with Gasteiger partial charge in [-0.15, -0.1) is 0 Å². The monoisotopic (exact) mass is 360 g/mol. The number of carbonyl (C=O) groups is 5. The molecule has 1 atom stereocenters. The molecule has 4 rings (SSSR count). The van der Waals surface area contributed by atoms with E-state index in [-0.39, 0.29) is 23.0 Å². The smallest absolute Gasteiger partial charge is 0.340 e. The van der Waals surface area contributed by atoms with Crippen LogP contribution in [0.5, 0.6) is 0 Å². The van der Waals surface area contributed by atoms with Crippen molar-refractivity contribution in [3.8, 4) is 0 Å². The van der Waals surface area contributed by atoms with Crippen molar-refractivity contribution in [1.29, 1.82) is 0 Å². The van der Waals surface area contributed by atoms with Crippen LogP contribution in [-0.4, -0.2) is 29.6 Å². The minimum absolute atomic E-state index is 0.148. The molecular formula is C21H12O6. The molecule has 1 aliphatic heterocycles. The minimum atomic E-state index is -2.31. The maximum Gasteiger partial charge on any atom is 0.340 e. The molecule has 1 aliphatic carbocycles. The summed E-state index contributed by atoms with van der Waals surface area (Å²) in [5.41, 5.74) is -1.75. The van der Waals surface area contributed by atoms with E-state index in [1.807, 2.05) is 0 Å². The predicted octanol–water partition coefficient (Wildman–Crippen LogP) is 2.25. The molecule has 1 fully saturated rings. The molecule has 1 saturated heterocycles. The van der Waals surface area contributed by atoms with Gasteiger partial charge in [0.2, 0.25) is 17.0 Å². The van der Waals surface area contributed by atoms with Crippen LogP contribution >= 0.6 is 0 Å². The molecule has 132 valence electrons. The number of allylic oxidation sites excluding steroid dienone is 1. The molecule has 0 saturated carbocycles. The van der Waals surface area contributed by atoms with Gasteiger partial charge in [-0.1, -0.05) is 48.5 Å². The molecule has 6 heteroatoms. The van der Waals surface area contributed by atoms with Crippen molar-refractivity contribution < 1.29 is 28.7 Å². The Bertz CT molecular complexity index is 1070. The van der Waals surface area contributed by atoms with E-state index in [0.29, 0.717) is 5.56 Å². The first-order valence-electron chi connectivity index (χ1n) is 8.15. The Morgan fingerprint density at radius 1 is 0.926 bits per heavy atom. The van der Waals surface area contributed by atoms with Crippen LogP contribution in [0.2, 0.25) is 0 Å². The molecule has 1 heterocycles. The van der Waals surface area contributed by atoms with Crippen molar-refractivity contribution in [2.24, 2.45) is 5.41 Å². The van der Waals surface area contributed by atoms with Gasteiger partial charge in [-0.05, 0) is 12.5 Å². The lowest BCUT2D eigenvalue weighted by Crippen LogP contribution is -2.54. The molecular weight excluding hydrogens is 348 g/mol. The number of ketones is 3. The number of ether oxygens (including phenoxy) is 1. The van der Waals surface area contributed by atoms with E-state index in [4.69, 9.17) is 4.74 Å². The summed E-state index contributed by atoms with van der Waals surface area (Å²) in [4.78, 5) is 62.6. The third-order valence-electron chi connectivity index (χ3n) is 4.90. The number of aryl methyl sites for hydroxylation is 1. The van der Waals surface area contributed by atoms with Gasteiger partial charge in [0, 0.05) is 16.7 Å². The Morgan fingerprint density at radius 3 is 2.00 bits per heavy atom. The number of esters is 1. The van der Waals surface area contributed by atoms with Crippen LogP contribution in [0.4, 0.5) is 0 Å². The van der Waals surface area contributed by atoms with Crippen LogP contribution in [-0.2, 0) is 14.3 Å². The van der Waals surface area contributed by atoms with Gasteiger partial charge in [0.05, 0.1) is 0 Å². The highest BCUT2D eigenvalue weighted by Gasteiger charge is 2.64. The van der Waals surface area contributed by atoms with E-state index in [1.165, 1.54) is 18.2 Å². The minimum Gasteiger partial charge on any atom is -0.426 e. The molecule has 2 aromatic rings. The third-order valence-corrected chi connectivity index (χ3v) is 4.90. The van der Waals surface area contributed by atoms with Crippen molar-refractivity contribution in [2.45, 2.75) is 6.92 Å². The van der Waals surface area contributed by atoms with Gasteiger partial charge in [0.15, 0.2) is 17.8 Å². The zero-order chi connectivity index (χ0) is 19.3. The number of rotatable bonds is 3. The lowest BCUT2D eigenvalue weighted by Gasteiger charge is -2.36. The van der Waals surface area contributed by atoms with Crippen LogP contribution in [0.25, 0.3) is 0 Å². The van der Waals surface area contributed by atoms with Crippen LogP contribution < -0.4 is 0 Å². The maximum absolute atomic E-state index is 13.1. The van der Waals surface area contributed by atoms with Gasteiger partial charge < -0.3 is 9.53 Å². The summed E-state index contributed by atoms with van der Waals surface area (Å²) < 4.78 is 4.93. The fourth-order valence-corrected chi connectivity index (χ4v) is 3.40. The fraction of sp³-hybridized carbons (Fsp3) is 0.0952. The quantitative estimate of drug-likeness (QED) is 0.208. The van der Waals surface area contributed by atoms with Crippen LogP contribution in [0.1, 0.15) is 36.6 Å². The second-order valence-electron chi connectivity index (χ2n) is 6.37. The second kappa shape index (κ2) is 5.67. The Hall–Kier alpha value is -3.67. The van der Waals surface area contributed by atoms with Crippen LogP contribution in [0.15, 0.2) is 59.9 Å². The standard InChI is InChI=1S/C21H12O6/c1-11-6-2-3-7-12(11)18(25)21(10-22)19(27-20(21)26)15-16(23)13-8-4-5-9-14(13)17(15)24/h2-10H,1H3/t21-/m1/s1. The summed E-state index contributed by atoms with van der Waals surface area (Å²) in [6.45, 7) is 1.66. The van der Waals surface area contributed by atoms with Crippen molar-refractivity contribution in [3.63, 3.8) is 0 Å². The molecule has 0 aromatic heterocycles.